The van der Waals surface area contributed by atoms with Gasteiger partial charge in [0.25, 0.3) is 15.9 Å². The molecule has 1 fully saturated rings. The molecule has 1 aromatic carbocycles. The largest absolute Gasteiger partial charge is 0.484 e. The van der Waals surface area contributed by atoms with Crippen LogP contribution in [-0.4, -0.2) is 61.3 Å². The van der Waals surface area contributed by atoms with Gasteiger partial charge in [0.15, 0.2) is 10.8 Å². The summed E-state index contributed by atoms with van der Waals surface area (Å²) >= 11 is 0.662. The molecule has 1 aliphatic rings. The van der Waals surface area contributed by atoms with E-state index >= 15 is 0 Å². The Labute approximate surface area is 187 Å². The number of amides is 1. The second kappa shape index (κ2) is 8.52. The highest BCUT2D eigenvalue weighted by Gasteiger charge is 2.32. The fourth-order valence-electron chi connectivity index (χ4n) is 3.56. The Morgan fingerprint density at radius 1 is 1.16 bits per heavy atom. The molecule has 170 valence electrons. The molecule has 2 aromatic heterocycles. The standard InChI is InChI=1S/C20H21N3O7S2/c1-12-9-18(25)30-16-10-14(3-4-15(12)16)29-11-17(24)22-5-7-23(8-6-22)32(27,28)19-13(2)21-20(26)31-19/h3-4,9-10H,5-8,11H2,1-2H3,(H,21,26). The molecule has 12 heteroatoms. The number of nitrogens with one attached hydrogen (secondary N) is 1. The molecule has 1 aliphatic heterocycles. The Kier molecular flexibility index (Phi) is 5.93. The van der Waals surface area contributed by atoms with Crippen LogP contribution in [-0.2, 0) is 14.8 Å². The van der Waals surface area contributed by atoms with Gasteiger partial charge in [-0.1, -0.05) is 11.3 Å². The minimum Gasteiger partial charge on any atom is -0.484 e. The lowest BCUT2D eigenvalue weighted by molar-refractivity contribution is -0.134. The summed E-state index contributed by atoms with van der Waals surface area (Å²) < 4.78 is 37.6. The molecular weight excluding hydrogens is 458 g/mol. The summed E-state index contributed by atoms with van der Waals surface area (Å²) in [7, 11) is -3.79. The second-order valence-corrected chi connectivity index (χ2v) is 10.5. The van der Waals surface area contributed by atoms with Gasteiger partial charge in [-0.05, 0) is 31.5 Å². The number of aryl methyl sites for hydroxylation is 2. The molecule has 0 spiro atoms. The lowest BCUT2D eigenvalue weighted by Gasteiger charge is -2.33. The highest BCUT2D eigenvalue weighted by atomic mass is 32.2. The molecule has 0 atom stereocenters. The molecule has 32 heavy (non-hydrogen) atoms. The van der Waals surface area contributed by atoms with E-state index < -0.39 is 20.5 Å². The van der Waals surface area contributed by atoms with Crippen molar-refractivity contribution in [3.05, 3.63) is 55.6 Å². The summed E-state index contributed by atoms with van der Waals surface area (Å²) in [5, 5.41) is 0.781. The molecule has 0 bridgehead atoms. The third kappa shape index (κ3) is 4.33. The van der Waals surface area contributed by atoms with Crippen LogP contribution >= 0.6 is 11.3 Å². The van der Waals surface area contributed by atoms with Gasteiger partial charge in [0, 0.05) is 49.4 Å². The van der Waals surface area contributed by atoms with Crippen LogP contribution in [0.15, 0.2) is 42.5 Å². The van der Waals surface area contributed by atoms with Gasteiger partial charge in [-0.15, -0.1) is 0 Å². The Morgan fingerprint density at radius 2 is 1.88 bits per heavy atom. The van der Waals surface area contributed by atoms with Gasteiger partial charge >= 0.3 is 10.5 Å². The number of hydrogen-bond acceptors (Lipinski definition) is 8. The van der Waals surface area contributed by atoms with Gasteiger partial charge in [-0.3, -0.25) is 9.59 Å². The molecule has 1 amide bonds. The topological polar surface area (TPSA) is 130 Å². The molecule has 4 rings (SSSR count). The number of carbonyl (C=O) groups excluding carboxylic acids is 1. The normalized spacial score (nSPS) is 15.2. The number of nitrogens with zero attached hydrogens (tertiary/aromatic N) is 2. The van der Waals surface area contributed by atoms with E-state index in [1.54, 1.807) is 32.0 Å². The molecule has 3 heterocycles. The number of aromatic amines is 1. The third-order valence-corrected chi connectivity index (χ3v) is 8.71. The highest BCUT2D eigenvalue weighted by molar-refractivity contribution is 7.91. The lowest BCUT2D eigenvalue weighted by atomic mass is 10.1. The number of sulfonamides is 1. The van der Waals surface area contributed by atoms with E-state index in [0.717, 1.165) is 10.9 Å². The predicted octanol–water partition coefficient (Wildman–Crippen LogP) is 1.07. The van der Waals surface area contributed by atoms with Crippen LogP contribution in [0.5, 0.6) is 5.75 Å². The van der Waals surface area contributed by atoms with Crippen molar-refractivity contribution >= 4 is 38.2 Å². The number of piperazine rings is 1. The first kappa shape index (κ1) is 22.2. The Morgan fingerprint density at radius 3 is 2.53 bits per heavy atom. The average Bonchev–Trinajstić information content (AvgIpc) is 3.10. The molecule has 10 nitrogen and oxygen atoms in total. The quantitative estimate of drug-likeness (QED) is 0.542. The van der Waals surface area contributed by atoms with Gasteiger partial charge in [-0.2, -0.15) is 4.31 Å². The number of aromatic nitrogens is 1. The summed E-state index contributed by atoms with van der Waals surface area (Å²) in [5.74, 6) is 0.106. The fraction of sp³-hybridized carbons (Fsp3) is 0.350. The van der Waals surface area contributed by atoms with E-state index in [9.17, 15) is 22.8 Å². The van der Waals surface area contributed by atoms with Gasteiger partial charge in [0.2, 0.25) is 0 Å². The summed E-state index contributed by atoms with van der Waals surface area (Å²) in [6.07, 6.45) is 0. The van der Waals surface area contributed by atoms with Gasteiger partial charge in [0.1, 0.15) is 11.3 Å². The number of H-pyrrole nitrogens is 1. The van der Waals surface area contributed by atoms with Crippen molar-refractivity contribution in [1.82, 2.24) is 14.2 Å². The summed E-state index contributed by atoms with van der Waals surface area (Å²) in [6.45, 7) is 3.80. The summed E-state index contributed by atoms with van der Waals surface area (Å²) in [4.78, 5) is 39.2. The van der Waals surface area contributed by atoms with Gasteiger partial charge < -0.3 is 19.0 Å². The molecular formula is C20H21N3O7S2. The smallest absolute Gasteiger partial charge is 0.336 e. The fourth-order valence-corrected chi connectivity index (χ4v) is 6.42. The van der Waals surface area contributed by atoms with Crippen molar-refractivity contribution < 1.29 is 22.4 Å². The minimum atomic E-state index is -3.79. The average molecular weight is 480 g/mol. The molecule has 1 N–H and O–H groups in total. The number of rotatable bonds is 5. The van der Waals surface area contributed by atoms with Crippen LogP contribution in [0.4, 0.5) is 0 Å². The third-order valence-electron chi connectivity index (χ3n) is 5.23. The zero-order chi connectivity index (χ0) is 23.0. The van der Waals surface area contributed by atoms with Crippen molar-refractivity contribution in [3.8, 4) is 5.75 Å². The molecule has 1 saturated heterocycles. The first-order chi connectivity index (χ1) is 15.1. The maximum absolute atomic E-state index is 12.8. The minimum absolute atomic E-state index is 0.00352. The number of hydrogen-bond donors (Lipinski definition) is 1. The first-order valence-electron chi connectivity index (χ1n) is 9.80. The molecule has 3 aromatic rings. The van der Waals surface area contributed by atoms with Crippen molar-refractivity contribution in [1.29, 1.82) is 0 Å². The Bertz CT molecular complexity index is 1400. The second-order valence-electron chi connectivity index (χ2n) is 7.41. The lowest BCUT2D eigenvalue weighted by Crippen LogP contribution is -2.51. The maximum Gasteiger partial charge on any atom is 0.336 e. The highest BCUT2D eigenvalue weighted by Crippen LogP contribution is 2.24. The predicted molar refractivity (Wildman–Crippen MR) is 118 cm³/mol. The SMILES string of the molecule is Cc1[nH]c(=O)sc1S(=O)(=O)N1CCN(C(=O)COc2ccc3c(C)cc(=O)oc3c2)CC1. The number of thiazole rings is 1. The van der Waals surface area contributed by atoms with E-state index in [-0.39, 0.29) is 42.9 Å². The van der Waals surface area contributed by atoms with E-state index in [1.165, 1.54) is 15.3 Å². The van der Waals surface area contributed by atoms with Crippen molar-refractivity contribution in [2.45, 2.75) is 18.1 Å². The van der Waals surface area contributed by atoms with E-state index in [4.69, 9.17) is 9.15 Å². The van der Waals surface area contributed by atoms with Gasteiger partial charge in [0.05, 0.1) is 0 Å². The monoisotopic (exact) mass is 479 g/mol. The number of carbonyl (C=O) groups is 1. The molecule has 0 saturated carbocycles. The zero-order valence-electron chi connectivity index (χ0n) is 17.4. The Hall–Kier alpha value is -2.96. The van der Waals surface area contributed by atoms with Crippen molar-refractivity contribution in [3.63, 3.8) is 0 Å². The number of benzene rings is 1. The van der Waals surface area contributed by atoms with Crippen LogP contribution in [0.25, 0.3) is 11.0 Å². The number of fused-ring (bicyclic) bond motifs is 1. The molecule has 0 radical (unpaired) electrons. The maximum atomic E-state index is 12.8. The van der Waals surface area contributed by atoms with Gasteiger partial charge in [-0.25, -0.2) is 13.2 Å². The van der Waals surface area contributed by atoms with E-state index in [1.807, 2.05) is 0 Å². The van der Waals surface area contributed by atoms with Crippen molar-refractivity contribution in [2.75, 3.05) is 32.8 Å². The summed E-state index contributed by atoms with van der Waals surface area (Å²) in [5.41, 5.74) is 1.02. The van der Waals surface area contributed by atoms with Crippen LogP contribution < -0.4 is 15.2 Å². The van der Waals surface area contributed by atoms with E-state index in [2.05, 4.69) is 4.98 Å². The molecule has 0 unspecified atom stereocenters. The zero-order valence-corrected chi connectivity index (χ0v) is 19.0. The van der Waals surface area contributed by atoms with Crippen LogP contribution in [0.3, 0.4) is 0 Å². The van der Waals surface area contributed by atoms with Crippen molar-refractivity contribution in [2.24, 2.45) is 0 Å². The van der Waals surface area contributed by atoms with Crippen LogP contribution in [0.1, 0.15) is 11.3 Å². The molecule has 0 aliphatic carbocycles. The van der Waals surface area contributed by atoms with Crippen LogP contribution in [0.2, 0.25) is 0 Å². The Balaban J connectivity index is 1.37. The number of ether oxygens (including phenoxy) is 1. The van der Waals surface area contributed by atoms with E-state index in [0.29, 0.717) is 28.4 Å². The summed E-state index contributed by atoms with van der Waals surface area (Å²) in [6, 6.07) is 6.42. The first-order valence-corrected chi connectivity index (χ1v) is 12.1. The van der Waals surface area contributed by atoms with Crippen LogP contribution in [0, 0.1) is 13.8 Å².